The fourth-order valence-corrected chi connectivity index (χ4v) is 1.79. The Hall–Kier alpha value is -0.0400. The minimum atomic E-state index is 0.896. The molecule has 0 heterocycles. The number of hydrogen-bond donors (Lipinski definition) is 0. The summed E-state index contributed by atoms with van der Waals surface area (Å²) < 4.78 is 0. The maximum absolute atomic E-state index is 2.47. The first-order valence-corrected chi connectivity index (χ1v) is 4.85. The van der Waals surface area contributed by atoms with E-state index in [2.05, 4.69) is 32.7 Å². The maximum Gasteiger partial charge on any atom is 0.00975 e. The molecule has 0 saturated heterocycles. The number of rotatable bonds is 3. The van der Waals surface area contributed by atoms with E-state index in [-0.39, 0.29) is 0 Å². The van der Waals surface area contributed by atoms with Crippen LogP contribution in [0.2, 0.25) is 0 Å². The molecular weight excluding hydrogens is 134 g/mol. The second kappa shape index (κ2) is 3.57. The van der Waals surface area contributed by atoms with Gasteiger partial charge in [-0.1, -0.05) is 20.8 Å². The van der Waals surface area contributed by atoms with Gasteiger partial charge in [-0.15, -0.1) is 0 Å². The highest BCUT2D eigenvalue weighted by Crippen LogP contribution is 2.36. The summed E-state index contributed by atoms with van der Waals surface area (Å²) >= 11 is 0. The Morgan fingerprint density at radius 2 is 1.91 bits per heavy atom. The molecule has 0 spiro atoms. The van der Waals surface area contributed by atoms with Crippen LogP contribution in [0.4, 0.5) is 0 Å². The normalized spacial score (nSPS) is 31.1. The summed E-state index contributed by atoms with van der Waals surface area (Å²) in [7, 11) is 2.24. The molecule has 0 atom stereocenters. The summed E-state index contributed by atoms with van der Waals surface area (Å²) in [5, 5.41) is 0. The van der Waals surface area contributed by atoms with Gasteiger partial charge in [0.1, 0.15) is 0 Å². The van der Waals surface area contributed by atoms with Crippen molar-refractivity contribution >= 4 is 0 Å². The van der Waals surface area contributed by atoms with Crippen LogP contribution < -0.4 is 0 Å². The fourth-order valence-electron chi connectivity index (χ4n) is 1.79. The van der Waals surface area contributed by atoms with Gasteiger partial charge in [0.15, 0.2) is 0 Å². The second-order valence-electron chi connectivity index (χ2n) is 4.20. The Balaban J connectivity index is 2.18. The van der Waals surface area contributed by atoms with Gasteiger partial charge >= 0.3 is 0 Å². The van der Waals surface area contributed by atoms with Gasteiger partial charge in [-0.05, 0) is 38.3 Å². The van der Waals surface area contributed by atoms with Crippen LogP contribution in [0.25, 0.3) is 0 Å². The summed E-state index contributed by atoms with van der Waals surface area (Å²) in [6, 6.07) is 0.896. The van der Waals surface area contributed by atoms with Crippen LogP contribution in [-0.2, 0) is 0 Å². The molecule has 1 fully saturated rings. The van der Waals surface area contributed by atoms with Crippen LogP contribution in [0.15, 0.2) is 0 Å². The lowest BCUT2D eigenvalue weighted by atomic mass is 9.73. The maximum atomic E-state index is 2.47. The Morgan fingerprint density at radius 3 is 2.27 bits per heavy atom. The largest absolute Gasteiger partial charge is 0.304 e. The van der Waals surface area contributed by atoms with Crippen molar-refractivity contribution in [3.63, 3.8) is 0 Å². The lowest BCUT2D eigenvalue weighted by molar-refractivity contribution is 0.0783. The Bertz CT molecular complexity index is 114. The van der Waals surface area contributed by atoms with Gasteiger partial charge in [0.05, 0.1) is 0 Å². The highest BCUT2D eigenvalue weighted by molar-refractivity contribution is 4.86. The molecule has 0 amide bonds. The Kier molecular flexibility index (Phi) is 2.94. The van der Waals surface area contributed by atoms with E-state index in [1.54, 1.807) is 0 Å². The standard InChI is InChI=1S/C10H21N/c1-5-11(4)10-6-9(7-10)8(2)3/h8-10H,5-7H2,1-4H3/t9-,10-. The SMILES string of the molecule is CCN(C)[C@H]1C[C@H](C(C)C)C1. The summed E-state index contributed by atoms with van der Waals surface area (Å²) in [6.07, 6.45) is 2.87. The number of nitrogens with zero attached hydrogens (tertiary/aromatic N) is 1. The van der Waals surface area contributed by atoms with E-state index < -0.39 is 0 Å². The van der Waals surface area contributed by atoms with Crippen molar-refractivity contribution in [1.29, 1.82) is 0 Å². The van der Waals surface area contributed by atoms with Crippen molar-refractivity contribution < 1.29 is 0 Å². The summed E-state index contributed by atoms with van der Waals surface area (Å²) in [6.45, 7) is 8.12. The van der Waals surface area contributed by atoms with E-state index in [1.807, 2.05) is 0 Å². The minimum Gasteiger partial charge on any atom is -0.304 e. The summed E-state index contributed by atoms with van der Waals surface area (Å²) in [4.78, 5) is 2.47. The van der Waals surface area contributed by atoms with Crippen LogP contribution in [0.1, 0.15) is 33.6 Å². The fraction of sp³-hybridized carbons (Fsp3) is 1.00. The Labute approximate surface area is 70.8 Å². The smallest absolute Gasteiger partial charge is 0.00975 e. The molecule has 1 heteroatoms. The second-order valence-corrected chi connectivity index (χ2v) is 4.20. The predicted octanol–water partition coefficient (Wildman–Crippen LogP) is 2.37. The molecular formula is C10H21N. The van der Waals surface area contributed by atoms with Gasteiger partial charge in [-0.3, -0.25) is 0 Å². The highest BCUT2D eigenvalue weighted by Gasteiger charge is 2.32. The molecule has 0 aromatic rings. The first kappa shape index (κ1) is 9.05. The predicted molar refractivity (Wildman–Crippen MR) is 49.7 cm³/mol. The molecule has 1 rings (SSSR count). The molecule has 1 aliphatic rings. The van der Waals surface area contributed by atoms with E-state index in [1.165, 1.54) is 19.4 Å². The minimum absolute atomic E-state index is 0.896. The molecule has 66 valence electrons. The van der Waals surface area contributed by atoms with Crippen LogP contribution in [0.5, 0.6) is 0 Å². The van der Waals surface area contributed by atoms with Gasteiger partial charge in [-0.2, -0.15) is 0 Å². The molecule has 0 aromatic heterocycles. The molecule has 0 radical (unpaired) electrons. The zero-order chi connectivity index (χ0) is 8.43. The van der Waals surface area contributed by atoms with Crippen molar-refractivity contribution in [2.75, 3.05) is 13.6 Å². The van der Waals surface area contributed by atoms with Gasteiger partial charge in [0.2, 0.25) is 0 Å². The van der Waals surface area contributed by atoms with Crippen molar-refractivity contribution in [2.45, 2.75) is 39.7 Å². The molecule has 11 heavy (non-hydrogen) atoms. The quantitative estimate of drug-likeness (QED) is 0.605. The van der Waals surface area contributed by atoms with Crippen molar-refractivity contribution in [3.8, 4) is 0 Å². The molecule has 0 bridgehead atoms. The van der Waals surface area contributed by atoms with E-state index in [0.717, 1.165) is 17.9 Å². The third-order valence-corrected chi connectivity index (χ3v) is 3.21. The molecule has 1 aliphatic carbocycles. The zero-order valence-corrected chi connectivity index (χ0v) is 8.30. The number of hydrogen-bond acceptors (Lipinski definition) is 1. The van der Waals surface area contributed by atoms with Gasteiger partial charge in [0, 0.05) is 6.04 Å². The van der Waals surface area contributed by atoms with Crippen molar-refractivity contribution in [3.05, 3.63) is 0 Å². The topological polar surface area (TPSA) is 3.24 Å². The van der Waals surface area contributed by atoms with E-state index in [4.69, 9.17) is 0 Å². The molecule has 0 aromatic carbocycles. The van der Waals surface area contributed by atoms with Gasteiger partial charge in [-0.25, -0.2) is 0 Å². The highest BCUT2D eigenvalue weighted by atomic mass is 15.1. The average molecular weight is 155 g/mol. The van der Waals surface area contributed by atoms with Crippen molar-refractivity contribution in [1.82, 2.24) is 4.90 Å². The van der Waals surface area contributed by atoms with Crippen LogP contribution >= 0.6 is 0 Å². The molecule has 0 N–H and O–H groups in total. The van der Waals surface area contributed by atoms with Crippen LogP contribution in [0.3, 0.4) is 0 Å². The zero-order valence-electron chi connectivity index (χ0n) is 8.30. The van der Waals surface area contributed by atoms with Gasteiger partial charge < -0.3 is 4.90 Å². The molecule has 1 nitrogen and oxygen atoms in total. The molecule has 0 unspecified atom stereocenters. The van der Waals surface area contributed by atoms with E-state index >= 15 is 0 Å². The average Bonchev–Trinajstić information content (AvgIpc) is 1.83. The van der Waals surface area contributed by atoms with Crippen LogP contribution in [0, 0.1) is 11.8 Å². The van der Waals surface area contributed by atoms with E-state index in [9.17, 15) is 0 Å². The monoisotopic (exact) mass is 155 g/mol. The summed E-state index contributed by atoms with van der Waals surface area (Å²) in [5.41, 5.74) is 0. The Morgan fingerprint density at radius 1 is 1.36 bits per heavy atom. The van der Waals surface area contributed by atoms with Crippen molar-refractivity contribution in [2.24, 2.45) is 11.8 Å². The third kappa shape index (κ3) is 1.96. The van der Waals surface area contributed by atoms with E-state index in [0.29, 0.717) is 0 Å². The molecule has 1 saturated carbocycles. The third-order valence-electron chi connectivity index (χ3n) is 3.21. The van der Waals surface area contributed by atoms with Gasteiger partial charge in [0.25, 0.3) is 0 Å². The first-order chi connectivity index (χ1) is 5.15. The summed E-state index contributed by atoms with van der Waals surface area (Å²) in [5.74, 6) is 1.91. The lowest BCUT2D eigenvalue weighted by Gasteiger charge is -2.43. The lowest BCUT2D eigenvalue weighted by Crippen LogP contribution is -2.43. The molecule has 0 aliphatic heterocycles. The van der Waals surface area contributed by atoms with Crippen LogP contribution in [-0.4, -0.2) is 24.5 Å². The first-order valence-electron chi connectivity index (χ1n) is 4.85.